The minimum atomic E-state index is -0.537. The zero-order valence-electron chi connectivity index (χ0n) is 16.3. The van der Waals surface area contributed by atoms with Gasteiger partial charge >= 0.3 is 6.09 Å². The summed E-state index contributed by atoms with van der Waals surface area (Å²) in [4.78, 5) is 29.1. The van der Waals surface area contributed by atoms with Gasteiger partial charge in [-0.3, -0.25) is 4.79 Å². The Balaban J connectivity index is 2.76. The van der Waals surface area contributed by atoms with Crippen LogP contribution < -0.4 is 0 Å². The van der Waals surface area contributed by atoms with Crippen molar-refractivity contribution in [2.24, 2.45) is 0 Å². The molecule has 25 heavy (non-hydrogen) atoms. The standard InChI is InChI=1S/C18H30N2O4S/c1-13(2)20(10-9-19(6)17(22)24-18(3,4)5)16(21)14-8-11-25-15(14)12-23-7/h8,11,13H,9-10,12H2,1-7H3. The molecule has 6 nitrogen and oxygen atoms in total. The van der Waals surface area contributed by atoms with E-state index in [1.165, 1.54) is 16.2 Å². The lowest BCUT2D eigenvalue weighted by molar-refractivity contribution is 0.0270. The highest BCUT2D eigenvalue weighted by Crippen LogP contribution is 2.20. The largest absolute Gasteiger partial charge is 0.444 e. The van der Waals surface area contributed by atoms with Crippen LogP contribution in [-0.2, 0) is 16.1 Å². The third-order valence-corrected chi connectivity index (χ3v) is 4.41. The monoisotopic (exact) mass is 370 g/mol. The van der Waals surface area contributed by atoms with Crippen LogP contribution in [0.5, 0.6) is 0 Å². The minimum absolute atomic E-state index is 0.0230. The summed E-state index contributed by atoms with van der Waals surface area (Å²) in [6, 6.07) is 1.85. The molecule has 0 spiro atoms. The molecule has 1 aromatic rings. The molecule has 0 saturated carbocycles. The zero-order chi connectivity index (χ0) is 19.2. The quantitative estimate of drug-likeness (QED) is 0.736. The molecule has 0 radical (unpaired) electrons. The van der Waals surface area contributed by atoms with Crippen LogP contribution in [0.4, 0.5) is 4.79 Å². The number of hydrogen-bond donors (Lipinski definition) is 0. The van der Waals surface area contributed by atoms with Gasteiger partial charge in [-0.2, -0.15) is 0 Å². The Bertz CT molecular complexity index is 578. The Labute approximate surface area is 154 Å². The number of nitrogens with zero attached hydrogens (tertiary/aromatic N) is 2. The van der Waals surface area contributed by atoms with E-state index in [9.17, 15) is 9.59 Å². The van der Waals surface area contributed by atoms with Crippen molar-refractivity contribution >= 4 is 23.3 Å². The van der Waals surface area contributed by atoms with E-state index in [2.05, 4.69) is 0 Å². The van der Waals surface area contributed by atoms with Gasteiger partial charge in [-0.1, -0.05) is 0 Å². The van der Waals surface area contributed by atoms with Gasteiger partial charge in [0.15, 0.2) is 0 Å². The summed E-state index contributed by atoms with van der Waals surface area (Å²) in [5, 5.41) is 1.90. The number of rotatable bonds is 7. The molecule has 0 atom stereocenters. The smallest absolute Gasteiger partial charge is 0.410 e. The van der Waals surface area contributed by atoms with E-state index in [4.69, 9.17) is 9.47 Å². The summed E-state index contributed by atoms with van der Waals surface area (Å²) in [5.74, 6) is -0.0408. The number of hydrogen-bond acceptors (Lipinski definition) is 5. The molecule has 1 heterocycles. The summed E-state index contributed by atoms with van der Waals surface area (Å²) in [6.45, 7) is 10.7. The second-order valence-corrected chi connectivity index (χ2v) is 8.19. The molecule has 2 amide bonds. The van der Waals surface area contributed by atoms with Crippen LogP contribution in [0, 0.1) is 0 Å². The first-order valence-electron chi connectivity index (χ1n) is 8.37. The number of carbonyl (C=O) groups is 2. The molecule has 0 unspecified atom stereocenters. The fourth-order valence-corrected chi connectivity index (χ4v) is 3.05. The van der Waals surface area contributed by atoms with Crippen LogP contribution in [0.15, 0.2) is 11.4 Å². The summed E-state index contributed by atoms with van der Waals surface area (Å²) < 4.78 is 10.5. The number of methoxy groups -OCH3 is 1. The SMILES string of the molecule is COCc1sccc1C(=O)N(CCN(C)C(=O)OC(C)(C)C)C(C)C. The molecule has 0 aliphatic heterocycles. The number of thiophene rings is 1. The van der Waals surface area contributed by atoms with Gasteiger partial charge < -0.3 is 19.3 Å². The van der Waals surface area contributed by atoms with Crippen molar-refractivity contribution in [1.82, 2.24) is 9.80 Å². The molecule has 0 fully saturated rings. The molecule has 7 heteroatoms. The van der Waals surface area contributed by atoms with Crippen LogP contribution in [0.1, 0.15) is 49.9 Å². The van der Waals surface area contributed by atoms with E-state index in [0.29, 0.717) is 25.3 Å². The lowest BCUT2D eigenvalue weighted by Crippen LogP contribution is -2.44. The van der Waals surface area contributed by atoms with Gasteiger partial charge in [0.2, 0.25) is 0 Å². The molecule has 142 valence electrons. The van der Waals surface area contributed by atoms with Crippen molar-refractivity contribution in [3.05, 3.63) is 21.9 Å². The lowest BCUT2D eigenvalue weighted by atomic mass is 10.2. The first-order valence-corrected chi connectivity index (χ1v) is 9.25. The Morgan fingerprint density at radius 2 is 1.88 bits per heavy atom. The Morgan fingerprint density at radius 3 is 2.40 bits per heavy atom. The topological polar surface area (TPSA) is 59.1 Å². The summed E-state index contributed by atoms with van der Waals surface area (Å²) in [5.41, 5.74) is 0.130. The maximum atomic E-state index is 12.9. The molecular weight excluding hydrogens is 340 g/mol. The van der Waals surface area contributed by atoms with Crippen molar-refractivity contribution in [2.75, 3.05) is 27.2 Å². The Morgan fingerprint density at radius 1 is 1.24 bits per heavy atom. The van der Waals surface area contributed by atoms with Gasteiger partial charge in [0.05, 0.1) is 12.2 Å². The van der Waals surface area contributed by atoms with Gasteiger partial charge in [0, 0.05) is 38.2 Å². The molecule has 0 N–H and O–H groups in total. The normalized spacial score (nSPS) is 11.5. The molecule has 0 aromatic carbocycles. The van der Waals surface area contributed by atoms with Gasteiger partial charge in [-0.05, 0) is 46.1 Å². The molecule has 0 aliphatic carbocycles. The van der Waals surface area contributed by atoms with E-state index in [-0.39, 0.29) is 18.0 Å². The van der Waals surface area contributed by atoms with Crippen molar-refractivity contribution in [1.29, 1.82) is 0 Å². The third-order valence-electron chi connectivity index (χ3n) is 3.52. The van der Waals surface area contributed by atoms with Crippen LogP contribution >= 0.6 is 11.3 Å². The first-order chi connectivity index (χ1) is 11.6. The first kappa shape index (κ1) is 21.4. The average molecular weight is 371 g/mol. The van der Waals surface area contributed by atoms with E-state index in [1.807, 2.05) is 46.1 Å². The van der Waals surface area contributed by atoms with E-state index >= 15 is 0 Å². The van der Waals surface area contributed by atoms with Crippen LogP contribution in [0.3, 0.4) is 0 Å². The fourth-order valence-electron chi connectivity index (χ4n) is 2.21. The van der Waals surface area contributed by atoms with Gasteiger partial charge in [-0.15, -0.1) is 11.3 Å². The van der Waals surface area contributed by atoms with Crippen molar-refractivity contribution in [3.8, 4) is 0 Å². The molecule has 0 aliphatic rings. The van der Waals surface area contributed by atoms with Gasteiger partial charge in [0.1, 0.15) is 5.60 Å². The third kappa shape index (κ3) is 6.66. The zero-order valence-corrected chi connectivity index (χ0v) is 17.1. The van der Waals surface area contributed by atoms with Crippen molar-refractivity contribution < 1.29 is 19.1 Å². The van der Waals surface area contributed by atoms with E-state index < -0.39 is 5.60 Å². The van der Waals surface area contributed by atoms with Gasteiger partial charge in [-0.25, -0.2) is 4.79 Å². The summed E-state index contributed by atoms with van der Waals surface area (Å²) in [6.07, 6.45) is -0.390. The van der Waals surface area contributed by atoms with E-state index in [0.717, 1.165) is 4.88 Å². The molecule has 0 bridgehead atoms. The second-order valence-electron chi connectivity index (χ2n) is 7.18. The lowest BCUT2D eigenvalue weighted by Gasteiger charge is -2.30. The highest BCUT2D eigenvalue weighted by Gasteiger charge is 2.24. The number of amides is 2. The van der Waals surface area contributed by atoms with Crippen LogP contribution in [0.2, 0.25) is 0 Å². The molecule has 1 aromatic heterocycles. The van der Waals surface area contributed by atoms with Crippen LogP contribution in [-0.4, -0.2) is 60.7 Å². The number of ether oxygens (including phenoxy) is 2. The van der Waals surface area contributed by atoms with E-state index in [1.54, 1.807) is 19.1 Å². The van der Waals surface area contributed by atoms with Crippen molar-refractivity contribution in [2.45, 2.75) is 52.9 Å². The second kappa shape index (κ2) is 9.20. The fraction of sp³-hybridized carbons (Fsp3) is 0.667. The highest BCUT2D eigenvalue weighted by molar-refractivity contribution is 7.10. The Kier molecular flexibility index (Phi) is 7.89. The summed E-state index contributed by atoms with van der Waals surface area (Å²) in [7, 11) is 3.29. The molecular formula is C18H30N2O4S. The van der Waals surface area contributed by atoms with Crippen LogP contribution in [0.25, 0.3) is 0 Å². The minimum Gasteiger partial charge on any atom is -0.444 e. The number of carbonyl (C=O) groups excluding carboxylic acids is 2. The highest BCUT2D eigenvalue weighted by atomic mass is 32.1. The molecule has 1 rings (SSSR count). The predicted molar refractivity (Wildman–Crippen MR) is 100 cm³/mol. The maximum Gasteiger partial charge on any atom is 0.410 e. The summed E-state index contributed by atoms with van der Waals surface area (Å²) >= 11 is 1.51. The number of likely N-dealkylation sites (N-methyl/N-ethyl adjacent to an activating group) is 1. The maximum absolute atomic E-state index is 12.9. The average Bonchev–Trinajstić information content (AvgIpc) is 2.93. The van der Waals surface area contributed by atoms with Crippen molar-refractivity contribution in [3.63, 3.8) is 0 Å². The van der Waals surface area contributed by atoms with Gasteiger partial charge in [0.25, 0.3) is 5.91 Å². The predicted octanol–water partition coefficient (Wildman–Crippen LogP) is 3.61. The molecule has 0 saturated heterocycles. The Hall–Kier alpha value is -1.60.